The van der Waals surface area contributed by atoms with Crippen molar-refractivity contribution in [2.45, 2.75) is 31.2 Å². The van der Waals surface area contributed by atoms with Crippen LogP contribution in [0.3, 0.4) is 0 Å². The number of hydrogen-bond acceptors (Lipinski definition) is 1. The van der Waals surface area contributed by atoms with Crippen molar-refractivity contribution in [1.29, 1.82) is 0 Å². The second-order valence-corrected chi connectivity index (χ2v) is 6.72. The van der Waals surface area contributed by atoms with E-state index in [2.05, 4.69) is 5.32 Å². The second kappa shape index (κ2) is 7.08. The highest BCUT2D eigenvalue weighted by atomic mass is 35.5. The molecule has 0 spiro atoms. The predicted molar refractivity (Wildman–Crippen MR) is 90.7 cm³/mol. The minimum atomic E-state index is -0.869. The fourth-order valence-corrected chi connectivity index (χ4v) is 3.81. The van der Waals surface area contributed by atoms with E-state index in [1.807, 2.05) is 6.07 Å². The van der Waals surface area contributed by atoms with Crippen molar-refractivity contribution < 1.29 is 13.6 Å². The summed E-state index contributed by atoms with van der Waals surface area (Å²) in [7, 11) is 0. The van der Waals surface area contributed by atoms with Crippen molar-refractivity contribution in [3.8, 4) is 0 Å². The van der Waals surface area contributed by atoms with Gasteiger partial charge in [-0.2, -0.15) is 0 Å². The summed E-state index contributed by atoms with van der Waals surface area (Å²) in [6, 6.07) is 8.38. The molecule has 0 saturated heterocycles. The normalized spacial score (nSPS) is 20.2. The van der Waals surface area contributed by atoms with Gasteiger partial charge in [0, 0.05) is 22.0 Å². The lowest BCUT2D eigenvalue weighted by atomic mass is 9.93. The van der Waals surface area contributed by atoms with Gasteiger partial charge < -0.3 is 5.32 Å². The number of rotatable bonds is 3. The SMILES string of the molecule is O=C(N[C@H]1CCC[C@@H]1c1ccc(Cl)cc1Cl)c1c(F)cccc1F. The zero-order valence-corrected chi connectivity index (χ0v) is 14.2. The van der Waals surface area contributed by atoms with Crippen LogP contribution in [0, 0.1) is 11.6 Å². The molecular weight excluding hydrogens is 355 g/mol. The lowest BCUT2D eigenvalue weighted by Gasteiger charge is -2.22. The third-order valence-electron chi connectivity index (χ3n) is 4.38. The number of benzene rings is 2. The lowest BCUT2D eigenvalue weighted by molar-refractivity contribution is 0.0926. The van der Waals surface area contributed by atoms with Crippen LogP contribution in [-0.4, -0.2) is 11.9 Å². The van der Waals surface area contributed by atoms with Crippen LogP contribution in [0.4, 0.5) is 8.78 Å². The van der Waals surface area contributed by atoms with E-state index >= 15 is 0 Å². The van der Waals surface area contributed by atoms with Gasteiger partial charge in [0.1, 0.15) is 17.2 Å². The summed E-state index contributed by atoms with van der Waals surface area (Å²) in [5.74, 6) is -2.49. The molecule has 0 unspecified atom stereocenters. The molecule has 126 valence electrons. The summed E-state index contributed by atoms with van der Waals surface area (Å²) in [6.07, 6.45) is 2.46. The van der Waals surface area contributed by atoms with Gasteiger partial charge >= 0.3 is 0 Å². The summed E-state index contributed by atoms with van der Waals surface area (Å²) >= 11 is 12.2. The highest BCUT2D eigenvalue weighted by Gasteiger charge is 2.32. The van der Waals surface area contributed by atoms with Gasteiger partial charge in [0.05, 0.1) is 0 Å². The Morgan fingerprint density at radius 3 is 2.46 bits per heavy atom. The number of nitrogens with one attached hydrogen (secondary N) is 1. The molecule has 0 aliphatic heterocycles. The Labute approximate surface area is 148 Å². The van der Waals surface area contributed by atoms with E-state index in [1.54, 1.807) is 12.1 Å². The molecule has 1 aliphatic carbocycles. The molecule has 2 atom stereocenters. The molecule has 1 fully saturated rings. The van der Waals surface area contributed by atoms with Crippen LogP contribution in [0.5, 0.6) is 0 Å². The first kappa shape index (κ1) is 17.2. The molecule has 6 heteroatoms. The number of amides is 1. The summed E-state index contributed by atoms with van der Waals surface area (Å²) in [6.45, 7) is 0. The van der Waals surface area contributed by atoms with Gasteiger partial charge in [-0.1, -0.05) is 41.8 Å². The molecule has 2 aromatic carbocycles. The molecule has 2 aromatic rings. The van der Waals surface area contributed by atoms with Crippen LogP contribution in [0.15, 0.2) is 36.4 Å². The Morgan fingerprint density at radius 2 is 1.79 bits per heavy atom. The highest BCUT2D eigenvalue weighted by molar-refractivity contribution is 6.35. The van der Waals surface area contributed by atoms with Crippen molar-refractivity contribution in [3.05, 3.63) is 69.2 Å². The lowest BCUT2D eigenvalue weighted by Crippen LogP contribution is -2.37. The first-order valence-corrected chi connectivity index (χ1v) is 8.43. The van der Waals surface area contributed by atoms with Crippen molar-refractivity contribution >= 4 is 29.1 Å². The Balaban J connectivity index is 1.83. The van der Waals surface area contributed by atoms with Gasteiger partial charge in [-0.15, -0.1) is 0 Å². The second-order valence-electron chi connectivity index (χ2n) is 5.88. The molecule has 1 saturated carbocycles. The maximum absolute atomic E-state index is 13.8. The number of carbonyl (C=O) groups excluding carboxylic acids is 1. The molecule has 1 N–H and O–H groups in total. The zero-order chi connectivity index (χ0) is 17.3. The standard InChI is InChI=1S/C18H15Cl2F2NO/c19-10-7-8-11(13(20)9-10)12-3-1-6-16(12)23-18(24)17-14(21)4-2-5-15(17)22/h2,4-5,7-9,12,16H,1,3,6H2,(H,23,24)/t12-,16+/m1/s1. The van der Waals surface area contributed by atoms with Crippen molar-refractivity contribution in [3.63, 3.8) is 0 Å². The van der Waals surface area contributed by atoms with Crippen LogP contribution < -0.4 is 5.32 Å². The van der Waals surface area contributed by atoms with E-state index < -0.39 is 23.1 Å². The Morgan fingerprint density at radius 1 is 1.08 bits per heavy atom. The average Bonchev–Trinajstić information content (AvgIpc) is 2.95. The van der Waals surface area contributed by atoms with Gasteiger partial charge in [0.25, 0.3) is 5.91 Å². The summed E-state index contributed by atoms with van der Waals surface area (Å²) in [5.41, 5.74) is 0.336. The summed E-state index contributed by atoms with van der Waals surface area (Å²) in [5, 5.41) is 3.83. The van der Waals surface area contributed by atoms with Crippen LogP contribution in [0.1, 0.15) is 41.1 Å². The van der Waals surface area contributed by atoms with Gasteiger partial charge in [-0.3, -0.25) is 4.79 Å². The number of halogens is 4. The van der Waals surface area contributed by atoms with E-state index in [0.29, 0.717) is 10.0 Å². The van der Waals surface area contributed by atoms with Crippen LogP contribution >= 0.6 is 23.2 Å². The van der Waals surface area contributed by atoms with Crippen molar-refractivity contribution in [2.75, 3.05) is 0 Å². The minimum absolute atomic E-state index is 0.00597. The summed E-state index contributed by atoms with van der Waals surface area (Å²) in [4.78, 5) is 12.3. The average molecular weight is 370 g/mol. The van der Waals surface area contributed by atoms with E-state index in [0.717, 1.165) is 37.0 Å². The van der Waals surface area contributed by atoms with Gasteiger partial charge in [0.15, 0.2) is 0 Å². The summed E-state index contributed by atoms with van der Waals surface area (Å²) < 4.78 is 27.5. The Bertz CT molecular complexity index is 761. The molecule has 0 heterocycles. The quantitative estimate of drug-likeness (QED) is 0.777. The van der Waals surface area contributed by atoms with Crippen molar-refractivity contribution in [1.82, 2.24) is 5.32 Å². The topological polar surface area (TPSA) is 29.1 Å². The third kappa shape index (κ3) is 3.40. The van der Waals surface area contributed by atoms with Gasteiger partial charge in [-0.25, -0.2) is 8.78 Å². The molecule has 3 rings (SSSR count). The Kier molecular flexibility index (Phi) is 5.07. The fourth-order valence-electron chi connectivity index (χ4n) is 3.26. The van der Waals surface area contributed by atoms with Crippen LogP contribution in [0.25, 0.3) is 0 Å². The number of hydrogen-bond donors (Lipinski definition) is 1. The maximum Gasteiger partial charge on any atom is 0.257 e. The van der Waals surface area contributed by atoms with E-state index in [4.69, 9.17) is 23.2 Å². The minimum Gasteiger partial charge on any atom is -0.349 e. The van der Waals surface area contributed by atoms with Gasteiger partial charge in [0.2, 0.25) is 0 Å². The molecule has 1 aliphatic rings. The Hall–Kier alpha value is -1.65. The van der Waals surface area contributed by atoms with Gasteiger partial charge in [-0.05, 0) is 42.7 Å². The van der Waals surface area contributed by atoms with E-state index in [1.165, 1.54) is 6.07 Å². The molecule has 1 amide bonds. The molecular formula is C18H15Cl2F2NO. The highest BCUT2D eigenvalue weighted by Crippen LogP contribution is 2.39. The largest absolute Gasteiger partial charge is 0.349 e. The molecule has 24 heavy (non-hydrogen) atoms. The predicted octanol–water partition coefficient (Wildman–Crippen LogP) is 5.34. The number of carbonyl (C=O) groups is 1. The first-order valence-electron chi connectivity index (χ1n) is 7.67. The molecule has 0 aromatic heterocycles. The van der Waals surface area contributed by atoms with Crippen LogP contribution in [0.2, 0.25) is 10.0 Å². The smallest absolute Gasteiger partial charge is 0.257 e. The zero-order valence-electron chi connectivity index (χ0n) is 12.7. The maximum atomic E-state index is 13.8. The van der Waals surface area contributed by atoms with Crippen molar-refractivity contribution in [2.24, 2.45) is 0 Å². The fraction of sp³-hybridized carbons (Fsp3) is 0.278. The molecule has 0 bridgehead atoms. The first-order chi connectivity index (χ1) is 11.5. The monoisotopic (exact) mass is 369 g/mol. The van der Waals surface area contributed by atoms with E-state index in [9.17, 15) is 13.6 Å². The van der Waals surface area contributed by atoms with Crippen LogP contribution in [-0.2, 0) is 0 Å². The third-order valence-corrected chi connectivity index (χ3v) is 4.95. The molecule has 0 radical (unpaired) electrons. The van der Waals surface area contributed by atoms with E-state index in [-0.39, 0.29) is 12.0 Å². The molecule has 2 nitrogen and oxygen atoms in total.